The lowest BCUT2D eigenvalue weighted by Crippen LogP contribution is -2.42. The maximum Gasteiger partial charge on any atom is 0.305 e. The molecule has 102 valence electrons. The van der Waals surface area contributed by atoms with Gasteiger partial charge in [-0.1, -0.05) is 25.2 Å². The summed E-state index contributed by atoms with van der Waals surface area (Å²) in [4.78, 5) is 11.4. The number of carbonyl (C=O) groups is 1. The van der Waals surface area contributed by atoms with Crippen molar-refractivity contribution in [2.45, 2.75) is 39.2 Å². The normalized spacial score (nSPS) is 35.9. The molecule has 1 rings (SSSR count). The highest BCUT2D eigenvalue weighted by Gasteiger charge is 2.43. The Bertz CT molecular complexity index is 348. The van der Waals surface area contributed by atoms with Crippen molar-refractivity contribution in [1.29, 1.82) is 0 Å². The van der Waals surface area contributed by atoms with Crippen LogP contribution in [0.25, 0.3) is 0 Å². The van der Waals surface area contributed by atoms with Gasteiger partial charge in [0.1, 0.15) is 0 Å². The molecule has 1 aliphatic carbocycles. The SMILES string of the molecule is C=C[C@@]1(C)C[C@H](O)[C@H](CC(=O)OC)C[C@@H]1C(=C)C. The van der Waals surface area contributed by atoms with Crippen LogP contribution in [-0.2, 0) is 9.53 Å². The Morgan fingerprint density at radius 1 is 1.61 bits per heavy atom. The molecule has 0 bridgehead atoms. The summed E-state index contributed by atoms with van der Waals surface area (Å²) in [5, 5.41) is 10.2. The van der Waals surface area contributed by atoms with Gasteiger partial charge in [0.15, 0.2) is 0 Å². The van der Waals surface area contributed by atoms with Crippen molar-refractivity contribution < 1.29 is 14.6 Å². The van der Waals surface area contributed by atoms with Crippen LogP contribution in [-0.4, -0.2) is 24.3 Å². The monoisotopic (exact) mass is 252 g/mol. The molecule has 4 atom stereocenters. The molecule has 18 heavy (non-hydrogen) atoms. The molecule has 0 aromatic rings. The molecule has 3 nitrogen and oxygen atoms in total. The predicted octanol–water partition coefficient (Wildman–Crippen LogP) is 2.71. The first-order chi connectivity index (χ1) is 8.34. The average molecular weight is 252 g/mol. The second-order valence-corrected chi connectivity index (χ2v) is 5.66. The molecule has 0 saturated heterocycles. The van der Waals surface area contributed by atoms with Crippen LogP contribution in [0.1, 0.15) is 33.1 Å². The maximum atomic E-state index is 11.4. The second-order valence-electron chi connectivity index (χ2n) is 5.66. The van der Waals surface area contributed by atoms with E-state index in [0.717, 1.165) is 12.0 Å². The first-order valence-electron chi connectivity index (χ1n) is 6.38. The van der Waals surface area contributed by atoms with Gasteiger partial charge in [-0.25, -0.2) is 0 Å². The fraction of sp³-hybridized carbons (Fsp3) is 0.667. The van der Waals surface area contributed by atoms with E-state index in [1.807, 2.05) is 13.0 Å². The van der Waals surface area contributed by atoms with E-state index in [2.05, 4.69) is 24.8 Å². The number of allylic oxidation sites excluding steroid dienone is 2. The first-order valence-corrected chi connectivity index (χ1v) is 6.38. The summed E-state index contributed by atoms with van der Waals surface area (Å²) in [6, 6.07) is 0. The van der Waals surface area contributed by atoms with Gasteiger partial charge >= 0.3 is 5.97 Å². The van der Waals surface area contributed by atoms with E-state index in [4.69, 9.17) is 0 Å². The van der Waals surface area contributed by atoms with Crippen LogP contribution in [0.4, 0.5) is 0 Å². The quantitative estimate of drug-likeness (QED) is 0.618. The first kappa shape index (κ1) is 15.0. The van der Waals surface area contributed by atoms with Gasteiger partial charge in [-0.15, -0.1) is 6.58 Å². The van der Waals surface area contributed by atoms with E-state index in [9.17, 15) is 9.90 Å². The van der Waals surface area contributed by atoms with Crippen molar-refractivity contribution in [1.82, 2.24) is 0 Å². The summed E-state index contributed by atoms with van der Waals surface area (Å²) in [6.45, 7) is 12.0. The van der Waals surface area contributed by atoms with Gasteiger partial charge in [0.2, 0.25) is 0 Å². The van der Waals surface area contributed by atoms with Crippen molar-refractivity contribution in [3.05, 3.63) is 24.8 Å². The molecule has 1 fully saturated rings. The molecule has 0 aromatic carbocycles. The van der Waals surface area contributed by atoms with E-state index in [-0.39, 0.29) is 29.6 Å². The number of carbonyl (C=O) groups excluding carboxylic acids is 1. The highest BCUT2D eigenvalue weighted by molar-refractivity contribution is 5.69. The van der Waals surface area contributed by atoms with Gasteiger partial charge in [-0.3, -0.25) is 4.79 Å². The van der Waals surface area contributed by atoms with E-state index in [0.29, 0.717) is 6.42 Å². The molecule has 0 radical (unpaired) electrons. The van der Waals surface area contributed by atoms with Crippen LogP contribution >= 0.6 is 0 Å². The molecule has 0 aliphatic heterocycles. The van der Waals surface area contributed by atoms with Crippen LogP contribution < -0.4 is 0 Å². The molecular weight excluding hydrogens is 228 g/mol. The zero-order valence-corrected chi connectivity index (χ0v) is 11.6. The highest BCUT2D eigenvalue weighted by atomic mass is 16.5. The summed E-state index contributed by atoms with van der Waals surface area (Å²) >= 11 is 0. The Labute approximate surface area is 110 Å². The van der Waals surface area contributed by atoms with Crippen molar-refractivity contribution >= 4 is 5.97 Å². The molecule has 1 saturated carbocycles. The molecular formula is C15H24O3. The van der Waals surface area contributed by atoms with Gasteiger partial charge in [0.25, 0.3) is 0 Å². The second kappa shape index (κ2) is 5.70. The van der Waals surface area contributed by atoms with E-state index >= 15 is 0 Å². The Kier molecular flexibility index (Phi) is 4.74. The molecule has 0 heterocycles. The predicted molar refractivity (Wildman–Crippen MR) is 72.0 cm³/mol. The van der Waals surface area contributed by atoms with Crippen molar-refractivity contribution in [3.63, 3.8) is 0 Å². The largest absolute Gasteiger partial charge is 0.469 e. The summed E-state index contributed by atoms with van der Waals surface area (Å²) in [5.74, 6) is -0.0537. The third-order valence-electron chi connectivity index (χ3n) is 4.25. The Balaban J connectivity index is 2.86. The summed E-state index contributed by atoms with van der Waals surface area (Å²) < 4.78 is 4.68. The molecule has 0 unspecified atom stereocenters. The minimum absolute atomic E-state index is 0.0489. The van der Waals surface area contributed by atoms with Gasteiger partial charge in [0, 0.05) is 0 Å². The van der Waals surface area contributed by atoms with Crippen LogP contribution in [0.15, 0.2) is 24.8 Å². The van der Waals surface area contributed by atoms with E-state index in [1.165, 1.54) is 7.11 Å². The minimum Gasteiger partial charge on any atom is -0.469 e. The van der Waals surface area contributed by atoms with Crippen LogP contribution in [0, 0.1) is 17.3 Å². The Hall–Kier alpha value is -1.09. The molecule has 1 N–H and O–H groups in total. The fourth-order valence-electron chi connectivity index (χ4n) is 3.00. The third-order valence-corrected chi connectivity index (χ3v) is 4.25. The van der Waals surface area contributed by atoms with Crippen molar-refractivity contribution in [2.24, 2.45) is 17.3 Å². The summed E-state index contributed by atoms with van der Waals surface area (Å²) in [5.41, 5.74) is 0.942. The lowest BCUT2D eigenvalue weighted by Gasteiger charge is -2.45. The van der Waals surface area contributed by atoms with Gasteiger partial charge in [-0.05, 0) is 37.0 Å². The van der Waals surface area contributed by atoms with Crippen LogP contribution in [0.3, 0.4) is 0 Å². The summed E-state index contributed by atoms with van der Waals surface area (Å²) in [6.07, 6.45) is 3.07. The summed E-state index contributed by atoms with van der Waals surface area (Å²) in [7, 11) is 1.38. The van der Waals surface area contributed by atoms with E-state index < -0.39 is 6.10 Å². The molecule has 0 amide bonds. The molecule has 0 spiro atoms. The topological polar surface area (TPSA) is 46.5 Å². The number of ether oxygens (including phenoxy) is 1. The number of methoxy groups -OCH3 is 1. The van der Waals surface area contributed by atoms with Crippen LogP contribution in [0.2, 0.25) is 0 Å². The van der Waals surface area contributed by atoms with Gasteiger partial charge in [0.05, 0.1) is 19.6 Å². The fourth-order valence-corrected chi connectivity index (χ4v) is 3.00. The zero-order chi connectivity index (χ0) is 13.9. The van der Waals surface area contributed by atoms with Gasteiger partial charge < -0.3 is 9.84 Å². The van der Waals surface area contributed by atoms with Crippen molar-refractivity contribution in [2.75, 3.05) is 7.11 Å². The molecule has 1 aliphatic rings. The maximum absolute atomic E-state index is 11.4. The van der Waals surface area contributed by atoms with Gasteiger partial charge in [-0.2, -0.15) is 0 Å². The number of aliphatic hydroxyl groups excluding tert-OH is 1. The number of hydrogen-bond acceptors (Lipinski definition) is 3. The average Bonchev–Trinajstić information content (AvgIpc) is 2.31. The number of hydrogen-bond donors (Lipinski definition) is 1. The smallest absolute Gasteiger partial charge is 0.305 e. The number of esters is 1. The Morgan fingerprint density at radius 3 is 2.67 bits per heavy atom. The zero-order valence-electron chi connectivity index (χ0n) is 11.6. The minimum atomic E-state index is -0.484. The molecule has 3 heteroatoms. The lowest BCUT2D eigenvalue weighted by molar-refractivity contribution is -0.144. The van der Waals surface area contributed by atoms with Crippen molar-refractivity contribution in [3.8, 4) is 0 Å². The molecule has 0 aromatic heterocycles. The van der Waals surface area contributed by atoms with E-state index in [1.54, 1.807) is 0 Å². The lowest BCUT2D eigenvalue weighted by atomic mass is 9.61. The highest BCUT2D eigenvalue weighted by Crippen LogP contribution is 2.48. The third kappa shape index (κ3) is 3.02. The number of rotatable bonds is 4. The van der Waals surface area contributed by atoms with Crippen LogP contribution in [0.5, 0.6) is 0 Å². The Morgan fingerprint density at radius 2 is 2.22 bits per heavy atom. The standard InChI is InChI=1S/C15H24O3/c1-6-15(4)9-13(16)11(8-14(17)18-5)7-12(15)10(2)3/h6,11-13,16H,1-2,7-9H2,3-5H3/t11-,12+,13-,15-/m0/s1. The number of aliphatic hydroxyl groups is 1.